The van der Waals surface area contributed by atoms with E-state index >= 15 is 0 Å². The van der Waals surface area contributed by atoms with Crippen LogP contribution in [-0.4, -0.2) is 26.7 Å². The zero-order valence-electron chi connectivity index (χ0n) is 14.4. The van der Waals surface area contributed by atoms with Crippen LogP contribution in [0.3, 0.4) is 0 Å². The molecule has 2 aromatic carbocycles. The van der Waals surface area contributed by atoms with Crippen LogP contribution in [0.5, 0.6) is 17.2 Å². The van der Waals surface area contributed by atoms with Crippen LogP contribution in [-0.2, 0) is 0 Å². The van der Waals surface area contributed by atoms with Gasteiger partial charge in [0, 0.05) is 16.7 Å². The predicted octanol–water partition coefficient (Wildman–Crippen LogP) is 5.08. The molecule has 5 nitrogen and oxygen atoms in total. The molecule has 2 aromatic rings. The fraction of sp³-hybridized carbons (Fsp3) is 0.278. The van der Waals surface area contributed by atoms with E-state index in [0.29, 0.717) is 44.6 Å². The second-order valence-corrected chi connectivity index (χ2v) is 6.44. The number of benzene rings is 2. The predicted molar refractivity (Wildman–Crippen MR) is 103 cm³/mol. The van der Waals surface area contributed by atoms with Crippen LogP contribution in [0.1, 0.15) is 22.8 Å². The number of rotatable bonds is 6. The van der Waals surface area contributed by atoms with Gasteiger partial charge in [0.1, 0.15) is 5.75 Å². The number of ether oxygens (including phenoxy) is 3. The summed E-state index contributed by atoms with van der Waals surface area (Å²) in [6, 6.07) is 6.74. The second kappa shape index (κ2) is 8.45. The van der Waals surface area contributed by atoms with Gasteiger partial charge in [-0.15, -0.1) is 0 Å². The molecule has 25 heavy (non-hydrogen) atoms. The van der Waals surface area contributed by atoms with Gasteiger partial charge in [-0.25, -0.2) is 0 Å². The molecule has 0 spiro atoms. The first-order valence-electron chi connectivity index (χ1n) is 7.57. The Balaban J connectivity index is 2.36. The lowest BCUT2D eigenvalue weighted by Crippen LogP contribution is -2.13. The SMILES string of the molecule is CCOc1c(Br)cc(C(=O)Nc2cc(C)c(Cl)cc2OC)cc1OC. The Morgan fingerprint density at radius 1 is 1.16 bits per heavy atom. The third kappa shape index (κ3) is 4.38. The first-order valence-corrected chi connectivity index (χ1v) is 8.74. The highest BCUT2D eigenvalue weighted by atomic mass is 79.9. The smallest absolute Gasteiger partial charge is 0.255 e. The van der Waals surface area contributed by atoms with Crippen molar-refractivity contribution in [2.45, 2.75) is 13.8 Å². The van der Waals surface area contributed by atoms with Crippen LogP contribution in [0.4, 0.5) is 5.69 Å². The first-order chi connectivity index (χ1) is 11.9. The highest BCUT2D eigenvalue weighted by Gasteiger charge is 2.17. The third-order valence-electron chi connectivity index (χ3n) is 3.51. The Morgan fingerprint density at radius 3 is 2.44 bits per heavy atom. The van der Waals surface area contributed by atoms with Crippen molar-refractivity contribution in [3.63, 3.8) is 0 Å². The highest BCUT2D eigenvalue weighted by molar-refractivity contribution is 9.10. The maximum atomic E-state index is 12.7. The first kappa shape index (κ1) is 19.4. The van der Waals surface area contributed by atoms with Crippen LogP contribution >= 0.6 is 27.5 Å². The van der Waals surface area contributed by atoms with Gasteiger partial charge in [0.2, 0.25) is 0 Å². The summed E-state index contributed by atoms with van der Waals surface area (Å²) in [6.45, 7) is 4.22. The molecule has 0 saturated carbocycles. The van der Waals surface area contributed by atoms with Gasteiger partial charge in [0.15, 0.2) is 11.5 Å². The molecule has 1 amide bonds. The lowest BCUT2D eigenvalue weighted by atomic mass is 10.1. The summed E-state index contributed by atoms with van der Waals surface area (Å²) >= 11 is 9.51. The quantitative estimate of drug-likeness (QED) is 0.697. The number of anilines is 1. The van der Waals surface area contributed by atoms with Crippen LogP contribution in [0.25, 0.3) is 0 Å². The number of hydrogen-bond donors (Lipinski definition) is 1. The Hall–Kier alpha value is -1.92. The number of carbonyl (C=O) groups excluding carboxylic acids is 1. The number of nitrogens with one attached hydrogen (secondary N) is 1. The fourth-order valence-electron chi connectivity index (χ4n) is 2.26. The number of hydrogen-bond acceptors (Lipinski definition) is 4. The zero-order valence-corrected chi connectivity index (χ0v) is 16.7. The number of aryl methyl sites for hydroxylation is 1. The summed E-state index contributed by atoms with van der Waals surface area (Å²) < 4.78 is 16.8. The zero-order chi connectivity index (χ0) is 18.6. The Kier molecular flexibility index (Phi) is 6.56. The van der Waals surface area contributed by atoms with Gasteiger partial charge < -0.3 is 19.5 Å². The summed E-state index contributed by atoms with van der Waals surface area (Å²) in [5.41, 5.74) is 1.79. The van der Waals surface area contributed by atoms with E-state index in [-0.39, 0.29) is 5.91 Å². The van der Waals surface area contributed by atoms with Crippen molar-refractivity contribution in [2.75, 3.05) is 26.1 Å². The molecular weight excluding hydrogens is 410 g/mol. The number of carbonyl (C=O) groups is 1. The largest absolute Gasteiger partial charge is 0.495 e. The van der Waals surface area contributed by atoms with E-state index in [0.717, 1.165) is 5.56 Å². The standard InChI is InChI=1S/C18H19BrClNO4/c1-5-25-17-12(19)7-11(8-16(17)24-4)18(22)21-14-6-10(2)13(20)9-15(14)23-3/h6-9H,5H2,1-4H3,(H,21,22). The fourth-order valence-corrected chi connectivity index (χ4v) is 2.97. The molecule has 0 aliphatic heterocycles. The highest BCUT2D eigenvalue weighted by Crippen LogP contribution is 2.37. The maximum absolute atomic E-state index is 12.7. The van der Waals surface area contributed by atoms with E-state index in [9.17, 15) is 4.79 Å². The van der Waals surface area contributed by atoms with E-state index in [4.69, 9.17) is 25.8 Å². The molecule has 0 unspecified atom stereocenters. The van der Waals surface area contributed by atoms with Gasteiger partial charge in [-0.1, -0.05) is 11.6 Å². The molecule has 7 heteroatoms. The van der Waals surface area contributed by atoms with Crippen molar-refractivity contribution in [3.05, 3.63) is 44.9 Å². The van der Waals surface area contributed by atoms with Crippen molar-refractivity contribution < 1.29 is 19.0 Å². The average molecular weight is 429 g/mol. The number of amides is 1. The second-order valence-electron chi connectivity index (χ2n) is 5.18. The molecular formula is C18H19BrClNO4. The summed E-state index contributed by atoms with van der Waals surface area (Å²) in [5.74, 6) is 1.21. The summed E-state index contributed by atoms with van der Waals surface area (Å²) in [4.78, 5) is 12.7. The number of halogens is 2. The topological polar surface area (TPSA) is 56.8 Å². The van der Waals surface area contributed by atoms with Gasteiger partial charge in [0.25, 0.3) is 5.91 Å². The molecule has 0 bridgehead atoms. The molecule has 2 rings (SSSR count). The molecule has 0 radical (unpaired) electrons. The molecule has 0 saturated heterocycles. The minimum absolute atomic E-state index is 0.304. The number of methoxy groups -OCH3 is 2. The van der Waals surface area contributed by atoms with Gasteiger partial charge in [-0.2, -0.15) is 0 Å². The lowest BCUT2D eigenvalue weighted by molar-refractivity contribution is 0.102. The van der Waals surface area contributed by atoms with Crippen LogP contribution in [0, 0.1) is 6.92 Å². The van der Waals surface area contributed by atoms with Crippen molar-refractivity contribution >= 4 is 39.1 Å². The molecule has 0 fully saturated rings. The van der Waals surface area contributed by atoms with Crippen LogP contribution in [0.15, 0.2) is 28.7 Å². The molecule has 1 N–H and O–H groups in total. The van der Waals surface area contributed by atoms with E-state index in [1.54, 1.807) is 24.3 Å². The van der Waals surface area contributed by atoms with Crippen LogP contribution in [0.2, 0.25) is 5.02 Å². The average Bonchev–Trinajstić information content (AvgIpc) is 2.59. The van der Waals surface area contributed by atoms with Gasteiger partial charge in [0.05, 0.1) is 31.0 Å². The third-order valence-corrected chi connectivity index (χ3v) is 4.51. The monoisotopic (exact) mass is 427 g/mol. The van der Waals surface area contributed by atoms with Gasteiger partial charge in [-0.05, 0) is 53.5 Å². The van der Waals surface area contributed by atoms with E-state index in [2.05, 4.69) is 21.2 Å². The summed E-state index contributed by atoms with van der Waals surface area (Å²) in [7, 11) is 3.05. The molecule has 0 atom stereocenters. The maximum Gasteiger partial charge on any atom is 0.255 e. The Labute approximate surface area is 160 Å². The summed E-state index contributed by atoms with van der Waals surface area (Å²) in [5, 5.41) is 3.41. The lowest BCUT2D eigenvalue weighted by Gasteiger charge is -2.15. The normalized spacial score (nSPS) is 10.3. The van der Waals surface area contributed by atoms with Gasteiger partial charge in [-0.3, -0.25) is 4.79 Å². The molecule has 0 aliphatic rings. The van der Waals surface area contributed by atoms with Crippen LogP contribution < -0.4 is 19.5 Å². The minimum atomic E-state index is -0.304. The molecule has 0 heterocycles. The Bertz CT molecular complexity index is 795. The van der Waals surface area contributed by atoms with Crippen molar-refractivity contribution in [1.82, 2.24) is 0 Å². The summed E-state index contributed by atoms with van der Waals surface area (Å²) in [6.07, 6.45) is 0. The van der Waals surface area contributed by atoms with E-state index < -0.39 is 0 Å². The molecule has 0 aromatic heterocycles. The van der Waals surface area contributed by atoms with Crippen molar-refractivity contribution in [2.24, 2.45) is 0 Å². The van der Waals surface area contributed by atoms with Crippen molar-refractivity contribution in [3.8, 4) is 17.2 Å². The van der Waals surface area contributed by atoms with E-state index in [1.807, 2.05) is 13.8 Å². The van der Waals surface area contributed by atoms with Crippen molar-refractivity contribution in [1.29, 1.82) is 0 Å². The minimum Gasteiger partial charge on any atom is -0.495 e. The molecule has 134 valence electrons. The van der Waals surface area contributed by atoms with E-state index in [1.165, 1.54) is 14.2 Å². The van der Waals surface area contributed by atoms with Gasteiger partial charge >= 0.3 is 0 Å². The molecule has 0 aliphatic carbocycles. The Morgan fingerprint density at radius 2 is 1.84 bits per heavy atom.